The van der Waals surface area contributed by atoms with Crippen LogP contribution in [0.15, 0.2) is 36.5 Å². The highest BCUT2D eigenvalue weighted by molar-refractivity contribution is 6.30. The molecule has 0 spiro atoms. The maximum atomic E-state index is 12.5. The zero-order valence-electron chi connectivity index (χ0n) is 13.8. The Morgan fingerprint density at radius 1 is 1.20 bits per heavy atom. The molecule has 0 aliphatic carbocycles. The smallest absolute Gasteiger partial charge is 0.272 e. The first-order chi connectivity index (χ1) is 12.0. The predicted molar refractivity (Wildman–Crippen MR) is 95.1 cm³/mol. The van der Waals surface area contributed by atoms with Gasteiger partial charge in [-0.1, -0.05) is 11.6 Å². The van der Waals surface area contributed by atoms with Crippen LogP contribution < -0.4 is 5.32 Å². The monoisotopic (exact) mass is 359 g/mol. The highest BCUT2D eigenvalue weighted by Crippen LogP contribution is 2.20. The summed E-state index contributed by atoms with van der Waals surface area (Å²) in [5, 5.41) is 3.44. The molecular weight excluding hydrogens is 342 g/mol. The van der Waals surface area contributed by atoms with E-state index in [9.17, 15) is 9.59 Å². The number of aryl methyl sites for hydroxylation is 1. The number of anilines is 1. The Hall–Kier alpha value is -2.44. The number of nitrogens with one attached hydrogen (secondary N) is 1. The van der Waals surface area contributed by atoms with Gasteiger partial charge in [0.1, 0.15) is 5.69 Å². The third-order valence-corrected chi connectivity index (χ3v) is 4.21. The van der Waals surface area contributed by atoms with Gasteiger partial charge in [0.25, 0.3) is 11.8 Å². The molecule has 2 aromatic rings. The number of ether oxygens (including phenoxy) is 1. The molecule has 0 bridgehead atoms. The molecule has 1 aliphatic rings. The lowest BCUT2D eigenvalue weighted by molar-refractivity contribution is 0.0299. The van der Waals surface area contributed by atoms with Crippen LogP contribution in [0.1, 0.15) is 26.4 Å². The maximum absolute atomic E-state index is 12.5. The van der Waals surface area contributed by atoms with Crippen LogP contribution in [0.4, 0.5) is 5.69 Å². The molecule has 2 heterocycles. The van der Waals surface area contributed by atoms with Crippen LogP contribution in [0, 0.1) is 6.92 Å². The van der Waals surface area contributed by atoms with Gasteiger partial charge in [-0.3, -0.25) is 14.6 Å². The van der Waals surface area contributed by atoms with E-state index in [1.165, 1.54) is 12.3 Å². The van der Waals surface area contributed by atoms with Crippen LogP contribution in [-0.4, -0.2) is 48.0 Å². The van der Waals surface area contributed by atoms with E-state index in [-0.39, 0.29) is 17.5 Å². The maximum Gasteiger partial charge on any atom is 0.272 e. The number of rotatable bonds is 3. The van der Waals surface area contributed by atoms with Gasteiger partial charge in [0.2, 0.25) is 0 Å². The fourth-order valence-electron chi connectivity index (χ4n) is 2.58. The topological polar surface area (TPSA) is 71.5 Å². The van der Waals surface area contributed by atoms with Crippen LogP contribution in [-0.2, 0) is 4.74 Å². The summed E-state index contributed by atoms with van der Waals surface area (Å²) in [6, 6.07) is 8.33. The summed E-state index contributed by atoms with van der Waals surface area (Å²) in [4.78, 5) is 30.8. The molecule has 1 saturated heterocycles. The Morgan fingerprint density at radius 3 is 2.68 bits per heavy atom. The van der Waals surface area contributed by atoms with Crippen LogP contribution >= 0.6 is 11.6 Å². The Bertz CT molecular complexity index is 804. The molecule has 6 nitrogen and oxygen atoms in total. The second-order valence-electron chi connectivity index (χ2n) is 5.75. The standard InChI is InChI=1S/C18H18ClN3O3/c1-12-10-14(19)2-3-15(12)21-17(23)13-4-5-20-16(11-13)18(24)22-6-8-25-9-7-22/h2-5,10-11H,6-9H2,1H3,(H,21,23). The highest BCUT2D eigenvalue weighted by Gasteiger charge is 2.20. The summed E-state index contributed by atoms with van der Waals surface area (Å²) in [5.41, 5.74) is 2.16. The molecule has 1 fully saturated rings. The molecule has 0 saturated carbocycles. The quantitative estimate of drug-likeness (QED) is 0.914. The van der Waals surface area contributed by atoms with E-state index in [1.54, 1.807) is 29.2 Å². The minimum atomic E-state index is -0.302. The fourth-order valence-corrected chi connectivity index (χ4v) is 2.81. The molecule has 25 heavy (non-hydrogen) atoms. The molecule has 1 aromatic heterocycles. The minimum Gasteiger partial charge on any atom is -0.378 e. The number of pyridine rings is 1. The summed E-state index contributed by atoms with van der Waals surface area (Å²) >= 11 is 5.93. The van der Waals surface area contributed by atoms with Crippen molar-refractivity contribution < 1.29 is 14.3 Å². The van der Waals surface area contributed by atoms with Crippen molar-refractivity contribution in [1.29, 1.82) is 0 Å². The van der Waals surface area contributed by atoms with E-state index in [4.69, 9.17) is 16.3 Å². The van der Waals surface area contributed by atoms with E-state index >= 15 is 0 Å². The number of nitrogens with zero attached hydrogens (tertiary/aromatic N) is 2. The fraction of sp³-hybridized carbons (Fsp3) is 0.278. The molecule has 3 rings (SSSR count). The predicted octanol–water partition coefficient (Wildman–Crippen LogP) is 2.77. The van der Waals surface area contributed by atoms with Crippen molar-refractivity contribution in [1.82, 2.24) is 9.88 Å². The lowest BCUT2D eigenvalue weighted by atomic mass is 10.1. The first-order valence-electron chi connectivity index (χ1n) is 7.95. The van der Waals surface area contributed by atoms with Gasteiger partial charge in [-0.05, 0) is 42.8 Å². The van der Waals surface area contributed by atoms with Crippen molar-refractivity contribution >= 4 is 29.1 Å². The van der Waals surface area contributed by atoms with Gasteiger partial charge in [-0.2, -0.15) is 0 Å². The number of morpholine rings is 1. The van der Waals surface area contributed by atoms with Gasteiger partial charge in [0.15, 0.2) is 0 Å². The van der Waals surface area contributed by atoms with E-state index in [0.717, 1.165) is 5.56 Å². The molecule has 0 unspecified atom stereocenters. The summed E-state index contributed by atoms with van der Waals surface area (Å²) in [6.07, 6.45) is 1.47. The first-order valence-corrected chi connectivity index (χ1v) is 8.33. The average Bonchev–Trinajstić information content (AvgIpc) is 2.64. The Balaban J connectivity index is 1.76. The Labute approximate surface area is 150 Å². The number of hydrogen-bond donors (Lipinski definition) is 1. The summed E-state index contributed by atoms with van der Waals surface area (Å²) in [6.45, 7) is 3.95. The Morgan fingerprint density at radius 2 is 1.96 bits per heavy atom. The van der Waals surface area contributed by atoms with Crippen molar-refractivity contribution in [3.8, 4) is 0 Å². The number of amides is 2. The summed E-state index contributed by atoms with van der Waals surface area (Å²) in [7, 11) is 0. The van der Waals surface area contributed by atoms with E-state index in [0.29, 0.717) is 42.6 Å². The largest absolute Gasteiger partial charge is 0.378 e. The zero-order valence-corrected chi connectivity index (χ0v) is 14.5. The molecule has 1 aromatic carbocycles. The summed E-state index contributed by atoms with van der Waals surface area (Å²) < 4.78 is 5.25. The van der Waals surface area contributed by atoms with Crippen molar-refractivity contribution in [2.45, 2.75) is 6.92 Å². The lowest BCUT2D eigenvalue weighted by Crippen LogP contribution is -2.41. The molecule has 0 atom stereocenters. The van der Waals surface area contributed by atoms with Crippen molar-refractivity contribution in [3.05, 3.63) is 58.4 Å². The van der Waals surface area contributed by atoms with E-state index < -0.39 is 0 Å². The average molecular weight is 360 g/mol. The van der Waals surface area contributed by atoms with Gasteiger partial charge in [-0.25, -0.2) is 0 Å². The number of hydrogen-bond acceptors (Lipinski definition) is 4. The second kappa shape index (κ2) is 7.63. The van der Waals surface area contributed by atoms with Crippen LogP contribution in [0.2, 0.25) is 5.02 Å². The van der Waals surface area contributed by atoms with Crippen molar-refractivity contribution in [3.63, 3.8) is 0 Å². The zero-order chi connectivity index (χ0) is 17.8. The van der Waals surface area contributed by atoms with Crippen LogP contribution in [0.3, 0.4) is 0 Å². The molecule has 0 radical (unpaired) electrons. The lowest BCUT2D eigenvalue weighted by Gasteiger charge is -2.26. The van der Waals surface area contributed by atoms with Gasteiger partial charge >= 0.3 is 0 Å². The van der Waals surface area contributed by atoms with E-state index in [1.807, 2.05) is 6.92 Å². The Kier molecular flexibility index (Phi) is 5.31. The third-order valence-electron chi connectivity index (χ3n) is 3.98. The number of halogens is 1. The number of aromatic nitrogens is 1. The number of benzene rings is 1. The minimum absolute atomic E-state index is 0.194. The van der Waals surface area contributed by atoms with Crippen molar-refractivity contribution in [2.75, 3.05) is 31.6 Å². The third kappa shape index (κ3) is 4.15. The number of carbonyl (C=O) groups excluding carboxylic acids is 2. The molecular formula is C18H18ClN3O3. The summed E-state index contributed by atoms with van der Waals surface area (Å²) in [5.74, 6) is -0.496. The van der Waals surface area contributed by atoms with Gasteiger partial charge in [0.05, 0.1) is 13.2 Å². The second-order valence-corrected chi connectivity index (χ2v) is 6.18. The van der Waals surface area contributed by atoms with E-state index in [2.05, 4.69) is 10.3 Å². The van der Waals surface area contributed by atoms with Gasteiger partial charge in [-0.15, -0.1) is 0 Å². The molecule has 7 heteroatoms. The highest BCUT2D eigenvalue weighted by atomic mass is 35.5. The molecule has 2 amide bonds. The van der Waals surface area contributed by atoms with Crippen LogP contribution in [0.25, 0.3) is 0 Å². The normalized spacial score (nSPS) is 14.2. The molecule has 1 aliphatic heterocycles. The van der Waals surface area contributed by atoms with Gasteiger partial charge in [0, 0.05) is 35.6 Å². The van der Waals surface area contributed by atoms with Gasteiger partial charge < -0.3 is 15.0 Å². The number of carbonyl (C=O) groups is 2. The van der Waals surface area contributed by atoms with Crippen molar-refractivity contribution in [2.24, 2.45) is 0 Å². The first kappa shape index (κ1) is 17.4. The molecule has 130 valence electrons. The van der Waals surface area contributed by atoms with Crippen LogP contribution in [0.5, 0.6) is 0 Å². The SMILES string of the molecule is Cc1cc(Cl)ccc1NC(=O)c1ccnc(C(=O)N2CCOCC2)c1. The molecule has 1 N–H and O–H groups in total.